The molecule has 37 heavy (non-hydrogen) atoms. The molecule has 0 aliphatic heterocycles. The first-order valence-electron chi connectivity index (χ1n) is 11.9. The summed E-state index contributed by atoms with van der Waals surface area (Å²) in [6.07, 6.45) is 7.02. The zero-order chi connectivity index (χ0) is 26.0. The number of pyridine rings is 3. The van der Waals surface area contributed by atoms with E-state index >= 15 is 0 Å². The highest BCUT2D eigenvalue weighted by molar-refractivity contribution is 5.77. The number of carbonyl (C=O) groups is 2. The Morgan fingerprint density at radius 3 is 1.54 bits per heavy atom. The van der Waals surface area contributed by atoms with Crippen LogP contribution >= 0.6 is 0 Å². The fraction of sp³-hybridized carbons (Fsp3) is 0.207. The van der Waals surface area contributed by atoms with Crippen molar-refractivity contribution >= 4 is 17.6 Å². The van der Waals surface area contributed by atoms with Crippen LogP contribution in [0.25, 0.3) is 33.6 Å². The third kappa shape index (κ3) is 7.20. The maximum atomic E-state index is 11.2. The van der Waals surface area contributed by atoms with E-state index < -0.39 is 0 Å². The minimum Gasteiger partial charge on any atom is -0.464 e. The van der Waals surface area contributed by atoms with Crippen molar-refractivity contribution in [3.63, 3.8) is 0 Å². The predicted molar refractivity (Wildman–Crippen MR) is 142 cm³/mol. The van der Waals surface area contributed by atoms with Gasteiger partial charge in [-0.25, -0.2) is 4.98 Å². The van der Waals surface area contributed by atoms with E-state index in [1.54, 1.807) is 24.8 Å². The van der Waals surface area contributed by atoms with Gasteiger partial charge in [-0.1, -0.05) is 12.1 Å². The number of benzene rings is 1. The first-order chi connectivity index (χ1) is 18.0. The van der Waals surface area contributed by atoms with Gasteiger partial charge in [-0.3, -0.25) is 19.6 Å². The lowest BCUT2D eigenvalue weighted by Crippen LogP contribution is -2.31. The second-order valence-corrected chi connectivity index (χ2v) is 8.31. The summed E-state index contributed by atoms with van der Waals surface area (Å²) in [6, 6.07) is 20.0. The largest absolute Gasteiger partial charge is 0.464 e. The standard InChI is InChI=1S/C29H28N4O4/c1-21(34)36-17-15-33(16-18-37-22(2)35)27-5-3-23(4-6-27)26-19-28(24-7-11-30-12-8-24)32-29(20-26)25-9-13-31-14-10-25/h3-14,19-20H,15-18H2,1-2H3. The lowest BCUT2D eigenvalue weighted by molar-refractivity contribution is -0.141. The SMILES string of the molecule is CC(=O)OCCN(CCOC(C)=O)c1ccc(-c2cc(-c3ccncc3)nc(-c3ccncc3)c2)cc1. The number of rotatable bonds is 10. The summed E-state index contributed by atoms with van der Waals surface area (Å²) < 4.78 is 10.2. The van der Waals surface area contributed by atoms with Gasteiger partial charge in [0.15, 0.2) is 0 Å². The zero-order valence-electron chi connectivity index (χ0n) is 20.8. The van der Waals surface area contributed by atoms with Crippen LogP contribution in [0.5, 0.6) is 0 Å². The molecule has 0 N–H and O–H groups in total. The van der Waals surface area contributed by atoms with Gasteiger partial charge in [0.1, 0.15) is 13.2 Å². The Balaban J connectivity index is 1.64. The molecule has 4 aromatic rings. The van der Waals surface area contributed by atoms with Gasteiger partial charge in [-0.15, -0.1) is 0 Å². The highest BCUT2D eigenvalue weighted by Crippen LogP contribution is 2.31. The summed E-state index contributed by atoms with van der Waals surface area (Å²) in [7, 11) is 0. The number of carbonyl (C=O) groups excluding carboxylic acids is 2. The number of aromatic nitrogens is 3. The van der Waals surface area contributed by atoms with Gasteiger partial charge in [0.25, 0.3) is 0 Å². The molecule has 0 aliphatic rings. The van der Waals surface area contributed by atoms with Gasteiger partial charge in [0.2, 0.25) is 0 Å². The van der Waals surface area contributed by atoms with Crippen molar-refractivity contribution in [2.75, 3.05) is 31.2 Å². The van der Waals surface area contributed by atoms with Crippen LogP contribution in [0.15, 0.2) is 85.5 Å². The van der Waals surface area contributed by atoms with Crippen LogP contribution in [-0.4, -0.2) is 53.2 Å². The molecule has 0 saturated heterocycles. The summed E-state index contributed by atoms with van der Waals surface area (Å²) in [5.41, 5.74) is 6.63. The van der Waals surface area contributed by atoms with Crippen molar-refractivity contribution in [1.82, 2.24) is 15.0 Å². The normalized spacial score (nSPS) is 10.5. The van der Waals surface area contributed by atoms with Crippen LogP contribution in [0.3, 0.4) is 0 Å². The molecular weight excluding hydrogens is 468 g/mol. The van der Waals surface area contributed by atoms with Gasteiger partial charge < -0.3 is 14.4 Å². The summed E-state index contributed by atoms with van der Waals surface area (Å²) >= 11 is 0. The van der Waals surface area contributed by atoms with E-state index in [-0.39, 0.29) is 25.2 Å². The Morgan fingerprint density at radius 1 is 0.649 bits per heavy atom. The predicted octanol–water partition coefficient (Wildman–Crippen LogP) is 4.81. The van der Waals surface area contributed by atoms with Gasteiger partial charge in [0.05, 0.1) is 24.5 Å². The number of hydrogen-bond donors (Lipinski definition) is 0. The van der Waals surface area contributed by atoms with Gasteiger partial charge >= 0.3 is 11.9 Å². The third-order valence-corrected chi connectivity index (χ3v) is 5.68. The molecular formula is C29H28N4O4. The lowest BCUT2D eigenvalue weighted by atomic mass is 10.0. The lowest BCUT2D eigenvalue weighted by Gasteiger charge is -2.24. The summed E-state index contributed by atoms with van der Waals surface area (Å²) in [6.45, 7) is 4.21. The summed E-state index contributed by atoms with van der Waals surface area (Å²) in [5.74, 6) is -0.661. The van der Waals surface area contributed by atoms with Crippen molar-refractivity contribution in [3.8, 4) is 33.6 Å². The highest BCUT2D eigenvalue weighted by atomic mass is 16.5. The molecule has 0 amide bonds. The Hall–Kier alpha value is -4.59. The molecule has 0 fully saturated rings. The van der Waals surface area contributed by atoms with Crippen molar-refractivity contribution in [3.05, 3.63) is 85.5 Å². The minimum absolute atomic E-state index is 0.242. The Kier molecular flexibility index (Phi) is 8.54. The molecule has 4 rings (SSSR count). The Labute approximate surface area is 215 Å². The number of anilines is 1. The average molecular weight is 497 g/mol. The number of hydrogen-bond acceptors (Lipinski definition) is 8. The fourth-order valence-corrected chi connectivity index (χ4v) is 3.87. The van der Waals surface area contributed by atoms with Gasteiger partial charge in [0, 0.05) is 55.4 Å². The van der Waals surface area contributed by atoms with E-state index in [1.807, 2.05) is 53.4 Å². The smallest absolute Gasteiger partial charge is 0.302 e. The topological polar surface area (TPSA) is 94.5 Å². The maximum Gasteiger partial charge on any atom is 0.302 e. The molecule has 0 atom stereocenters. The van der Waals surface area contributed by atoms with Crippen molar-refractivity contribution in [2.24, 2.45) is 0 Å². The molecule has 0 spiro atoms. The Morgan fingerprint density at radius 2 is 1.11 bits per heavy atom. The molecule has 8 heteroatoms. The van der Waals surface area contributed by atoms with Crippen molar-refractivity contribution in [1.29, 1.82) is 0 Å². The third-order valence-electron chi connectivity index (χ3n) is 5.68. The van der Waals surface area contributed by atoms with Crippen LogP contribution in [0, 0.1) is 0 Å². The van der Waals surface area contributed by atoms with Crippen LogP contribution in [0.4, 0.5) is 5.69 Å². The van der Waals surface area contributed by atoms with Crippen LogP contribution in [-0.2, 0) is 19.1 Å². The quantitative estimate of drug-likeness (QED) is 0.289. The van der Waals surface area contributed by atoms with Crippen LogP contribution in [0.1, 0.15) is 13.8 Å². The molecule has 0 saturated carbocycles. The molecule has 0 radical (unpaired) electrons. The van der Waals surface area contributed by atoms with E-state index in [0.29, 0.717) is 13.1 Å². The average Bonchev–Trinajstić information content (AvgIpc) is 2.93. The molecule has 0 unspecified atom stereocenters. The molecule has 8 nitrogen and oxygen atoms in total. The molecule has 3 heterocycles. The van der Waals surface area contributed by atoms with Crippen LogP contribution < -0.4 is 4.90 Å². The van der Waals surface area contributed by atoms with E-state index in [1.165, 1.54) is 13.8 Å². The van der Waals surface area contributed by atoms with Gasteiger partial charge in [-0.2, -0.15) is 0 Å². The minimum atomic E-state index is -0.331. The second-order valence-electron chi connectivity index (χ2n) is 8.31. The maximum absolute atomic E-state index is 11.2. The Bertz CT molecular complexity index is 1250. The van der Waals surface area contributed by atoms with Crippen LogP contribution in [0.2, 0.25) is 0 Å². The van der Waals surface area contributed by atoms with Crippen molar-refractivity contribution < 1.29 is 19.1 Å². The number of esters is 2. The van der Waals surface area contributed by atoms with E-state index in [4.69, 9.17) is 14.5 Å². The molecule has 0 aliphatic carbocycles. The molecule has 1 aromatic carbocycles. The first-order valence-corrected chi connectivity index (χ1v) is 11.9. The summed E-state index contributed by atoms with van der Waals surface area (Å²) in [4.78, 5) is 37.6. The monoisotopic (exact) mass is 496 g/mol. The zero-order valence-corrected chi connectivity index (χ0v) is 20.8. The molecule has 3 aromatic heterocycles. The number of ether oxygens (including phenoxy) is 2. The molecule has 0 bridgehead atoms. The fourth-order valence-electron chi connectivity index (χ4n) is 3.87. The van der Waals surface area contributed by atoms with Gasteiger partial charge in [-0.05, 0) is 59.7 Å². The van der Waals surface area contributed by atoms with E-state index in [2.05, 4.69) is 22.1 Å². The van der Waals surface area contributed by atoms with E-state index in [9.17, 15) is 9.59 Å². The summed E-state index contributed by atoms with van der Waals surface area (Å²) in [5, 5.41) is 0. The second kappa shape index (κ2) is 12.4. The first kappa shape index (κ1) is 25.5. The van der Waals surface area contributed by atoms with E-state index in [0.717, 1.165) is 39.3 Å². The molecule has 188 valence electrons. The van der Waals surface area contributed by atoms with Crippen molar-refractivity contribution in [2.45, 2.75) is 13.8 Å². The number of nitrogens with zero attached hydrogens (tertiary/aromatic N) is 4. The highest BCUT2D eigenvalue weighted by Gasteiger charge is 2.12.